The van der Waals surface area contributed by atoms with Crippen molar-refractivity contribution >= 4 is 34.2 Å². The molecule has 5 heteroatoms. The van der Waals surface area contributed by atoms with Gasteiger partial charge in [0, 0.05) is 5.56 Å². The van der Waals surface area contributed by atoms with Crippen LogP contribution in [0.2, 0.25) is 10.0 Å². The average molecular weight is 279 g/mol. The summed E-state index contributed by atoms with van der Waals surface area (Å²) in [4.78, 5) is 7.53. The van der Waals surface area contributed by atoms with Gasteiger partial charge in [-0.2, -0.15) is 0 Å². The molecule has 0 fully saturated rings. The first-order valence-electron chi connectivity index (χ1n) is 5.28. The van der Waals surface area contributed by atoms with E-state index in [2.05, 4.69) is 9.97 Å². The molecule has 0 radical (unpaired) electrons. The number of aromatic hydroxyl groups is 1. The molecule has 1 aromatic heterocycles. The first kappa shape index (κ1) is 11.4. The summed E-state index contributed by atoms with van der Waals surface area (Å²) in [7, 11) is 0. The summed E-state index contributed by atoms with van der Waals surface area (Å²) in [6, 6.07) is 10.2. The molecular weight excluding hydrogens is 271 g/mol. The van der Waals surface area contributed by atoms with Crippen molar-refractivity contribution in [1.29, 1.82) is 0 Å². The van der Waals surface area contributed by atoms with Crippen LogP contribution in [-0.4, -0.2) is 15.1 Å². The first-order valence-corrected chi connectivity index (χ1v) is 6.04. The van der Waals surface area contributed by atoms with Crippen LogP contribution in [0.3, 0.4) is 0 Å². The third-order valence-electron chi connectivity index (χ3n) is 2.67. The lowest BCUT2D eigenvalue weighted by Crippen LogP contribution is -1.81. The molecule has 0 saturated heterocycles. The molecule has 0 amide bonds. The second-order valence-electron chi connectivity index (χ2n) is 3.89. The molecule has 1 heterocycles. The molecule has 0 spiro atoms. The minimum absolute atomic E-state index is 0.140. The molecule has 3 aromatic rings. The predicted octanol–water partition coefficient (Wildman–Crippen LogP) is 4.24. The molecule has 0 aliphatic rings. The van der Waals surface area contributed by atoms with E-state index in [9.17, 15) is 5.11 Å². The van der Waals surface area contributed by atoms with E-state index in [1.807, 2.05) is 12.1 Å². The van der Waals surface area contributed by atoms with Crippen LogP contribution in [-0.2, 0) is 0 Å². The molecule has 0 atom stereocenters. The van der Waals surface area contributed by atoms with Gasteiger partial charge >= 0.3 is 0 Å². The Morgan fingerprint density at radius 2 is 1.89 bits per heavy atom. The number of benzene rings is 2. The number of halogens is 2. The number of phenols is 1. The Balaban J connectivity index is 2.26. The van der Waals surface area contributed by atoms with Crippen molar-refractivity contribution in [3.05, 3.63) is 46.4 Å². The maximum absolute atomic E-state index is 9.50. The maximum atomic E-state index is 9.50. The van der Waals surface area contributed by atoms with Gasteiger partial charge in [0.05, 0.1) is 15.6 Å². The Kier molecular flexibility index (Phi) is 2.65. The minimum atomic E-state index is 0.140. The van der Waals surface area contributed by atoms with E-state index in [4.69, 9.17) is 23.2 Å². The summed E-state index contributed by atoms with van der Waals surface area (Å²) in [5, 5.41) is 10.6. The van der Waals surface area contributed by atoms with E-state index in [0.29, 0.717) is 26.9 Å². The molecular formula is C13H8Cl2N2O. The number of hydrogen-bond acceptors (Lipinski definition) is 2. The Labute approximate surface area is 113 Å². The number of hydrogen-bond donors (Lipinski definition) is 2. The highest BCUT2D eigenvalue weighted by atomic mass is 35.5. The summed E-state index contributed by atoms with van der Waals surface area (Å²) in [6.07, 6.45) is 0. The number of aromatic nitrogens is 2. The molecule has 0 unspecified atom stereocenters. The molecule has 0 saturated carbocycles. The normalized spacial score (nSPS) is 11.0. The van der Waals surface area contributed by atoms with Crippen LogP contribution in [0, 0.1) is 0 Å². The van der Waals surface area contributed by atoms with Crippen molar-refractivity contribution in [2.24, 2.45) is 0 Å². The Hall–Kier alpha value is -1.71. The highest BCUT2D eigenvalue weighted by Gasteiger charge is 2.11. The van der Waals surface area contributed by atoms with E-state index in [1.165, 1.54) is 6.07 Å². The van der Waals surface area contributed by atoms with Gasteiger partial charge in [-0.25, -0.2) is 4.98 Å². The van der Waals surface area contributed by atoms with Gasteiger partial charge < -0.3 is 10.1 Å². The summed E-state index contributed by atoms with van der Waals surface area (Å²) >= 11 is 12.2. The average Bonchev–Trinajstić information content (AvgIpc) is 2.77. The lowest BCUT2D eigenvalue weighted by molar-refractivity contribution is 0.475. The van der Waals surface area contributed by atoms with Gasteiger partial charge in [0.25, 0.3) is 0 Å². The van der Waals surface area contributed by atoms with E-state index in [1.54, 1.807) is 18.2 Å². The molecule has 2 N–H and O–H groups in total. The number of fused-ring (bicyclic) bond motifs is 1. The molecule has 0 aliphatic carbocycles. The van der Waals surface area contributed by atoms with Gasteiger partial charge in [0.1, 0.15) is 17.1 Å². The molecule has 3 nitrogen and oxygen atoms in total. The van der Waals surface area contributed by atoms with Gasteiger partial charge in [0.2, 0.25) is 0 Å². The maximum Gasteiger partial charge on any atom is 0.140 e. The second-order valence-corrected chi connectivity index (χ2v) is 4.70. The van der Waals surface area contributed by atoms with E-state index >= 15 is 0 Å². The van der Waals surface area contributed by atoms with E-state index in [-0.39, 0.29) is 5.75 Å². The SMILES string of the molecule is Oc1ccc(Cl)c(-c2nc3c(Cl)cccc3[nH]2)c1. The number of imidazole rings is 1. The van der Waals surface area contributed by atoms with Gasteiger partial charge in [-0.05, 0) is 30.3 Å². The van der Waals surface area contributed by atoms with Crippen LogP contribution >= 0.6 is 23.2 Å². The predicted molar refractivity (Wildman–Crippen MR) is 73.2 cm³/mol. The standard InChI is InChI=1S/C13H8Cl2N2O/c14-9-5-4-7(18)6-8(9)13-16-11-3-1-2-10(15)12(11)17-13/h1-6,18H,(H,16,17). The summed E-state index contributed by atoms with van der Waals surface area (Å²) < 4.78 is 0. The van der Waals surface area contributed by atoms with Gasteiger partial charge in [0.15, 0.2) is 0 Å². The number of rotatable bonds is 1. The number of aromatic amines is 1. The monoisotopic (exact) mass is 278 g/mol. The Bertz CT molecular complexity index is 737. The number of nitrogens with one attached hydrogen (secondary N) is 1. The van der Waals surface area contributed by atoms with Crippen molar-refractivity contribution in [2.45, 2.75) is 0 Å². The van der Waals surface area contributed by atoms with Crippen LogP contribution in [0.25, 0.3) is 22.4 Å². The topological polar surface area (TPSA) is 48.9 Å². The van der Waals surface area contributed by atoms with E-state index < -0.39 is 0 Å². The highest BCUT2D eigenvalue weighted by Crippen LogP contribution is 2.31. The van der Waals surface area contributed by atoms with Crippen LogP contribution in [0.1, 0.15) is 0 Å². The molecule has 0 aliphatic heterocycles. The van der Waals surface area contributed by atoms with Crippen molar-refractivity contribution < 1.29 is 5.11 Å². The first-order chi connectivity index (χ1) is 8.65. The van der Waals surface area contributed by atoms with Crippen LogP contribution < -0.4 is 0 Å². The van der Waals surface area contributed by atoms with Gasteiger partial charge in [-0.15, -0.1) is 0 Å². The van der Waals surface area contributed by atoms with Crippen LogP contribution in [0.5, 0.6) is 5.75 Å². The molecule has 18 heavy (non-hydrogen) atoms. The lowest BCUT2D eigenvalue weighted by Gasteiger charge is -2.00. The fourth-order valence-corrected chi connectivity index (χ4v) is 2.24. The van der Waals surface area contributed by atoms with Crippen molar-refractivity contribution in [3.8, 4) is 17.1 Å². The minimum Gasteiger partial charge on any atom is -0.508 e. The van der Waals surface area contributed by atoms with Crippen molar-refractivity contribution in [2.75, 3.05) is 0 Å². The number of nitrogens with zero attached hydrogens (tertiary/aromatic N) is 1. The summed E-state index contributed by atoms with van der Waals surface area (Å²) in [6.45, 7) is 0. The lowest BCUT2D eigenvalue weighted by atomic mass is 10.2. The zero-order chi connectivity index (χ0) is 12.7. The second kappa shape index (κ2) is 4.19. The molecule has 0 bridgehead atoms. The summed E-state index contributed by atoms with van der Waals surface area (Å²) in [5.41, 5.74) is 2.16. The van der Waals surface area contributed by atoms with Crippen LogP contribution in [0.15, 0.2) is 36.4 Å². The van der Waals surface area contributed by atoms with Crippen molar-refractivity contribution in [1.82, 2.24) is 9.97 Å². The number of phenolic OH excluding ortho intramolecular Hbond substituents is 1. The number of H-pyrrole nitrogens is 1. The van der Waals surface area contributed by atoms with Gasteiger partial charge in [-0.3, -0.25) is 0 Å². The zero-order valence-electron chi connectivity index (χ0n) is 9.11. The fraction of sp³-hybridized carbons (Fsp3) is 0. The van der Waals surface area contributed by atoms with Gasteiger partial charge in [-0.1, -0.05) is 29.3 Å². The van der Waals surface area contributed by atoms with E-state index in [0.717, 1.165) is 5.52 Å². The quantitative estimate of drug-likeness (QED) is 0.699. The Morgan fingerprint density at radius 3 is 2.67 bits per heavy atom. The Morgan fingerprint density at radius 1 is 1.06 bits per heavy atom. The smallest absolute Gasteiger partial charge is 0.140 e. The third-order valence-corrected chi connectivity index (χ3v) is 3.30. The largest absolute Gasteiger partial charge is 0.508 e. The molecule has 2 aromatic carbocycles. The molecule has 3 rings (SSSR count). The van der Waals surface area contributed by atoms with Crippen molar-refractivity contribution in [3.63, 3.8) is 0 Å². The number of para-hydroxylation sites is 1. The highest BCUT2D eigenvalue weighted by molar-refractivity contribution is 6.35. The summed E-state index contributed by atoms with van der Waals surface area (Å²) in [5.74, 6) is 0.722. The zero-order valence-corrected chi connectivity index (χ0v) is 10.6. The van der Waals surface area contributed by atoms with Crippen LogP contribution in [0.4, 0.5) is 0 Å². The third kappa shape index (κ3) is 1.82. The fourth-order valence-electron chi connectivity index (χ4n) is 1.82. The molecule has 90 valence electrons.